The Hall–Kier alpha value is -0.430. The summed E-state index contributed by atoms with van der Waals surface area (Å²) in [5, 5.41) is 4.07. The van der Waals surface area contributed by atoms with Gasteiger partial charge in [0, 0.05) is 12.6 Å². The fraction of sp³-hybridized carbons (Fsp3) is 0.765. The lowest BCUT2D eigenvalue weighted by molar-refractivity contribution is 0.165. The van der Waals surface area contributed by atoms with Crippen molar-refractivity contribution in [1.82, 2.24) is 9.62 Å². The van der Waals surface area contributed by atoms with Gasteiger partial charge >= 0.3 is 0 Å². The average Bonchev–Trinajstić information content (AvgIpc) is 3.11. The van der Waals surface area contributed by atoms with Crippen LogP contribution in [0.15, 0.2) is 16.8 Å². The maximum atomic E-state index is 12.6. The largest absolute Gasteiger partial charge is 0.295 e. The number of nitrogens with zero attached hydrogens (tertiary/aromatic N) is 1. The quantitative estimate of drug-likeness (QED) is 0.848. The molecule has 23 heavy (non-hydrogen) atoms. The fourth-order valence-corrected chi connectivity index (χ4v) is 6.13. The molecule has 0 amide bonds. The molecule has 2 heterocycles. The topological polar surface area (TPSA) is 49.4 Å². The molecule has 1 aliphatic carbocycles. The molecule has 0 aromatic carbocycles. The molecule has 1 saturated carbocycles. The van der Waals surface area contributed by atoms with Crippen LogP contribution in [0.1, 0.15) is 63.0 Å². The summed E-state index contributed by atoms with van der Waals surface area (Å²) < 4.78 is 28.2. The molecule has 1 aliphatic heterocycles. The second kappa shape index (κ2) is 8.10. The molecule has 1 saturated heterocycles. The standard InChI is InChI=1S/C17H28N2O2S2/c20-23(21,16-7-3-1-4-8-16)18-13-17(15-9-12-22-14-15)19-10-5-2-6-11-19/h9,12,14,16-18H,1-8,10-11,13H2. The molecule has 0 radical (unpaired) electrons. The van der Waals surface area contributed by atoms with Gasteiger partial charge in [-0.25, -0.2) is 13.1 Å². The first-order chi connectivity index (χ1) is 11.2. The lowest BCUT2D eigenvalue weighted by atomic mass is 10.0. The number of rotatable bonds is 6. The Bertz CT molecular complexity index is 559. The Balaban J connectivity index is 1.66. The molecule has 0 bridgehead atoms. The van der Waals surface area contributed by atoms with E-state index in [1.807, 2.05) is 0 Å². The van der Waals surface area contributed by atoms with Crippen LogP contribution in [0.3, 0.4) is 0 Å². The van der Waals surface area contributed by atoms with Crippen molar-refractivity contribution in [1.29, 1.82) is 0 Å². The summed E-state index contributed by atoms with van der Waals surface area (Å²) >= 11 is 1.69. The van der Waals surface area contributed by atoms with Gasteiger partial charge in [0.15, 0.2) is 0 Å². The van der Waals surface area contributed by atoms with Crippen LogP contribution >= 0.6 is 11.3 Å². The van der Waals surface area contributed by atoms with E-state index in [0.717, 1.165) is 38.8 Å². The molecule has 6 heteroatoms. The number of hydrogen-bond acceptors (Lipinski definition) is 4. The van der Waals surface area contributed by atoms with Crippen molar-refractivity contribution < 1.29 is 8.42 Å². The Morgan fingerprint density at radius 1 is 1.13 bits per heavy atom. The van der Waals surface area contributed by atoms with Crippen molar-refractivity contribution in [3.63, 3.8) is 0 Å². The summed E-state index contributed by atoms with van der Waals surface area (Å²) in [6.45, 7) is 2.66. The van der Waals surface area contributed by atoms with Crippen LogP contribution in [0.5, 0.6) is 0 Å². The van der Waals surface area contributed by atoms with Gasteiger partial charge < -0.3 is 0 Å². The maximum absolute atomic E-state index is 12.6. The Morgan fingerprint density at radius 3 is 2.48 bits per heavy atom. The third-order valence-electron chi connectivity index (χ3n) is 5.23. The minimum absolute atomic E-state index is 0.180. The van der Waals surface area contributed by atoms with Crippen LogP contribution in [0.2, 0.25) is 0 Å². The molecule has 0 spiro atoms. The highest BCUT2D eigenvalue weighted by Crippen LogP contribution is 2.27. The zero-order valence-corrected chi connectivity index (χ0v) is 15.4. The summed E-state index contributed by atoms with van der Waals surface area (Å²) in [7, 11) is -3.18. The predicted octanol–water partition coefficient (Wildman–Crippen LogP) is 3.53. The van der Waals surface area contributed by atoms with Crippen molar-refractivity contribution in [2.75, 3.05) is 19.6 Å². The highest BCUT2D eigenvalue weighted by Gasteiger charge is 2.29. The highest BCUT2D eigenvalue weighted by atomic mass is 32.2. The first kappa shape index (κ1) is 17.4. The second-order valence-electron chi connectivity index (χ2n) is 6.82. The van der Waals surface area contributed by atoms with E-state index in [-0.39, 0.29) is 11.3 Å². The molecule has 1 atom stereocenters. The van der Waals surface area contributed by atoms with Crippen molar-refractivity contribution in [3.8, 4) is 0 Å². The third-order valence-corrected chi connectivity index (χ3v) is 7.85. The summed E-state index contributed by atoms with van der Waals surface area (Å²) in [6.07, 6.45) is 8.64. The first-order valence-electron chi connectivity index (χ1n) is 8.91. The minimum Gasteiger partial charge on any atom is -0.295 e. The van der Waals surface area contributed by atoms with Crippen LogP contribution in [-0.4, -0.2) is 38.2 Å². The van der Waals surface area contributed by atoms with Gasteiger partial charge in [-0.05, 0) is 61.2 Å². The Kier molecular flexibility index (Phi) is 6.13. The average molecular weight is 357 g/mol. The maximum Gasteiger partial charge on any atom is 0.214 e. The van der Waals surface area contributed by atoms with Crippen LogP contribution in [0, 0.1) is 0 Å². The zero-order chi connectivity index (χ0) is 16.1. The van der Waals surface area contributed by atoms with E-state index in [1.165, 1.54) is 31.2 Å². The normalized spacial score (nSPS) is 23.0. The monoisotopic (exact) mass is 356 g/mol. The fourth-order valence-electron chi connectivity index (χ4n) is 3.84. The highest BCUT2D eigenvalue weighted by molar-refractivity contribution is 7.90. The lowest BCUT2D eigenvalue weighted by Gasteiger charge is -2.35. The molecule has 4 nitrogen and oxygen atoms in total. The number of likely N-dealkylation sites (tertiary alicyclic amines) is 1. The molecular formula is C17H28N2O2S2. The molecule has 1 N–H and O–H groups in total. The molecule has 1 unspecified atom stereocenters. The van der Waals surface area contributed by atoms with Crippen molar-refractivity contribution >= 4 is 21.4 Å². The number of nitrogens with one attached hydrogen (secondary N) is 1. The van der Waals surface area contributed by atoms with E-state index in [4.69, 9.17) is 0 Å². The van der Waals surface area contributed by atoms with E-state index in [0.29, 0.717) is 6.54 Å². The van der Waals surface area contributed by atoms with Crippen LogP contribution in [0.4, 0.5) is 0 Å². The zero-order valence-electron chi connectivity index (χ0n) is 13.7. The van der Waals surface area contributed by atoms with Gasteiger partial charge in [-0.15, -0.1) is 0 Å². The Labute approximate surface area is 144 Å². The molecule has 1 aromatic heterocycles. The predicted molar refractivity (Wildman–Crippen MR) is 96.3 cm³/mol. The van der Waals surface area contributed by atoms with E-state index < -0.39 is 10.0 Å². The second-order valence-corrected chi connectivity index (χ2v) is 9.65. The van der Waals surface area contributed by atoms with Gasteiger partial charge in [-0.3, -0.25) is 4.90 Å². The van der Waals surface area contributed by atoms with Gasteiger partial charge in [-0.2, -0.15) is 11.3 Å². The van der Waals surface area contributed by atoms with E-state index >= 15 is 0 Å². The van der Waals surface area contributed by atoms with Crippen molar-refractivity contribution in [3.05, 3.63) is 22.4 Å². The molecule has 130 valence electrons. The third kappa shape index (κ3) is 4.56. The minimum atomic E-state index is -3.18. The molecule has 1 aromatic rings. The van der Waals surface area contributed by atoms with Crippen molar-refractivity contribution in [2.45, 2.75) is 62.7 Å². The van der Waals surface area contributed by atoms with E-state index in [9.17, 15) is 8.42 Å². The summed E-state index contributed by atoms with van der Waals surface area (Å²) in [6, 6.07) is 2.32. The van der Waals surface area contributed by atoms with Gasteiger partial charge in [0.25, 0.3) is 0 Å². The van der Waals surface area contributed by atoms with Crippen LogP contribution in [-0.2, 0) is 10.0 Å². The van der Waals surface area contributed by atoms with E-state index in [2.05, 4.69) is 26.4 Å². The number of hydrogen-bond donors (Lipinski definition) is 1. The van der Waals surface area contributed by atoms with Crippen molar-refractivity contribution in [2.24, 2.45) is 0 Å². The summed E-state index contributed by atoms with van der Waals surface area (Å²) in [4.78, 5) is 2.45. The molecule has 2 fully saturated rings. The molecule has 3 rings (SSSR count). The molecular weight excluding hydrogens is 328 g/mol. The van der Waals surface area contributed by atoms with Gasteiger partial charge in [0.1, 0.15) is 0 Å². The number of thiophene rings is 1. The van der Waals surface area contributed by atoms with Crippen LogP contribution < -0.4 is 4.72 Å². The Morgan fingerprint density at radius 2 is 1.83 bits per heavy atom. The number of sulfonamides is 1. The number of piperidine rings is 1. The van der Waals surface area contributed by atoms with Gasteiger partial charge in [0.2, 0.25) is 10.0 Å². The van der Waals surface area contributed by atoms with Gasteiger partial charge in [0.05, 0.1) is 5.25 Å². The summed E-state index contributed by atoms with van der Waals surface area (Å²) in [5.74, 6) is 0. The SMILES string of the molecule is O=S(=O)(NCC(c1ccsc1)N1CCCCC1)C1CCCCC1. The first-order valence-corrected chi connectivity index (χ1v) is 11.4. The lowest BCUT2D eigenvalue weighted by Crippen LogP contribution is -2.43. The van der Waals surface area contributed by atoms with Gasteiger partial charge in [-0.1, -0.05) is 25.7 Å². The molecule has 2 aliphatic rings. The van der Waals surface area contributed by atoms with E-state index in [1.54, 1.807) is 11.3 Å². The van der Waals surface area contributed by atoms with Crippen LogP contribution in [0.25, 0.3) is 0 Å². The smallest absolute Gasteiger partial charge is 0.214 e. The summed E-state index contributed by atoms with van der Waals surface area (Å²) in [5.41, 5.74) is 1.25.